The molecule has 4 rings (SSSR count). The molecule has 45 heavy (non-hydrogen) atoms. The molecule has 0 atom stereocenters. The Hall–Kier alpha value is -4.46. The highest BCUT2D eigenvalue weighted by Gasteiger charge is 2.21. The molecular weight excluding hydrogens is 658 g/mol. The maximum Gasteiger partial charge on any atom is 0.272 e. The predicted molar refractivity (Wildman–Crippen MR) is 170 cm³/mol. The molecule has 236 valence electrons. The van der Waals surface area contributed by atoms with Gasteiger partial charge in [-0.05, 0) is 48.2 Å². The number of ether oxygens (including phenoxy) is 1. The summed E-state index contributed by atoms with van der Waals surface area (Å²) in [6.45, 7) is -0.939. The van der Waals surface area contributed by atoms with Crippen LogP contribution in [0.1, 0.15) is 15.9 Å². The number of nitrogens with two attached hydrogens (primary N) is 1. The number of aryl methyl sites for hydroxylation is 1. The zero-order valence-corrected chi connectivity index (χ0v) is 25.9. The number of fused-ring (bicyclic) bond motifs is 1. The van der Waals surface area contributed by atoms with Crippen molar-refractivity contribution in [1.82, 2.24) is 14.9 Å². The number of amides is 2. The van der Waals surface area contributed by atoms with E-state index in [9.17, 15) is 22.8 Å². The first-order valence-corrected chi connectivity index (χ1v) is 14.1. The van der Waals surface area contributed by atoms with Crippen molar-refractivity contribution in [3.8, 4) is 5.75 Å². The molecule has 0 saturated carbocycles. The molecule has 0 bridgehead atoms. The number of aliphatic imine (C=N–C) groups is 1. The molecule has 0 saturated heterocycles. The SMILES string of the molecule is CN=C(/C=C\N)C(=O)NCc1ccc(Cl)c(Nc2nc3cc(C(=O)Nc4ccc(F)c(Cl)c4)c(OCC(F)F)cc3n2C)c1Cl. The van der Waals surface area contributed by atoms with Crippen molar-refractivity contribution in [2.45, 2.75) is 13.0 Å². The number of hydrogen-bond acceptors (Lipinski definition) is 7. The molecule has 0 radical (unpaired) electrons. The van der Waals surface area contributed by atoms with Gasteiger partial charge in [-0.15, -0.1) is 0 Å². The minimum absolute atomic E-state index is 0.0338. The Kier molecular flexibility index (Phi) is 10.8. The number of benzene rings is 3. The van der Waals surface area contributed by atoms with Crippen molar-refractivity contribution in [3.63, 3.8) is 0 Å². The number of nitrogens with zero attached hydrogens (tertiary/aromatic N) is 3. The van der Waals surface area contributed by atoms with Crippen LogP contribution in [-0.2, 0) is 18.4 Å². The molecule has 16 heteroatoms. The number of carbonyl (C=O) groups is 2. The van der Waals surface area contributed by atoms with Gasteiger partial charge in [-0.3, -0.25) is 14.6 Å². The van der Waals surface area contributed by atoms with Crippen LogP contribution in [0.3, 0.4) is 0 Å². The van der Waals surface area contributed by atoms with Gasteiger partial charge in [0.05, 0.1) is 37.4 Å². The number of rotatable bonds is 11. The van der Waals surface area contributed by atoms with Gasteiger partial charge >= 0.3 is 0 Å². The zero-order chi connectivity index (χ0) is 32.8. The van der Waals surface area contributed by atoms with Crippen molar-refractivity contribution < 1.29 is 27.5 Å². The highest BCUT2D eigenvalue weighted by atomic mass is 35.5. The van der Waals surface area contributed by atoms with Gasteiger partial charge in [0.2, 0.25) is 5.95 Å². The van der Waals surface area contributed by atoms with E-state index in [1.807, 2.05) is 0 Å². The van der Waals surface area contributed by atoms with Crippen LogP contribution < -0.4 is 26.4 Å². The van der Waals surface area contributed by atoms with Crippen LogP contribution >= 0.6 is 34.8 Å². The lowest BCUT2D eigenvalue weighted by atomic mass is 10.1. The van der Waals surface area contributed by atoms with Crippen LogP contribution in [-0.4, -0.2) is 47.2 Å². The highest BCUT2D eigenvalue weighted by molar-refractivity contribution is 6.43. The fourth-order valence-electron chi connectivity index (χ4n) is 4.12. The van der Waals surface area contributed by atoms with Crippen molar-refractivity contribution >= 4 is 80.7 Å². The van der Waals surface area contributed by atoms with Gasteiger partial charge in [0.1, 0.15) is 23.9 Å². The number of anilines is 3. The lowest BCUT2D eigenvalue weighted by molar-refractivity contribution is -0.114. The Morgan fingerprint density at radius 1 is 1.13 bits per heavy atom. The van der Waals surface area contributed by atoms with E-state index in [1.165, 1.54) is 43.6 Å². The molecule has 3 aromatic carbocycles. The molecule has 0 aliphatic carbocycles. The minimum atomic E-state index is -2.81. The first-order chi connectivity index (χ1) is 21.4. The average Bonchev–Trinajstić information content (AvgIpc) is 3.31. The fraction of sp³-hybridized carbons (Fsp3) is 0.172. The van der Waals surface area contributed by atoms with E-state index >= 15 is 0 Å². The number of nitrogens with one attached hydrogen (secondary N) is 3. The normalized spacial score (nSPS) is 11.8. The summed E-state index contributed by atoms with van der Waals surface area (Å²) >= 11 is 18.9. The summed E-state index contributed by atoms with van der Waals surface area (Å²) in [5.74, 6) is -1.80. The van der Waals surface area contributed by atoms with E-state index in [0.29, 0.717) is 16.6 Å². The average molecular weight is 683 g/mol. The number of halogens is 6. The Morgan fingerprint density at radius 2 is 1.89 bits per heavy atom. The number of hydrogen-bond donors (Lipinski definition) is 4. The first-order valence-electron chi connectivity index (χ1n) is 13.0. The summed E-state index contributed by atoms with van der Waals surface area (Å²) < 4.78 is 46.6. The third kappa shape index (κ3) is 7.80. The summed E-state index contributed by atoms with van der Waals surface area (Å²) in [6.07, 6.45) is -0.258. The molecule has 0 aliphatic rings. The summed E-state index contributed by atoms with van der Waals surface area (Å²) in [5, 5.41) is 8.53. The molecule has 0 unspecified atom stereocenters. The van der Waals surface area contributed by atoms with Crippen molar-refractivity contribution in [1.29, 1.82) is 0 Å². The van der Waals surface area contributed by atoms with E-state index in [1.54, 1.807) is 23.7 Å². The molecular formula is C29H25Cl3F3N7O3. The van der Waals surface area contributed by atoms with Crippen LogP contribution in [0.4, 0.5) is 30.5 Å². The fourth-order valence-corrected chi connectivity index (χ4v) is 4.83. The lowest BCUT2D eigenvalue weighted by Crippen LogP contribution is -2.29. The van der Waals surface area contributed by atoms with Crippen molar-refractivity contribution in [2.75, 3.05) is 24.3 Å². The smallest absolute Gasteiger partial charge is 0.272 e. The van der Waals surface area contributed by atoms with E-state index in [-0.39, 0.29) is 56.0 Å². The molecule has 0 fully saturated rings. The highest BCUT2D eigenvalue weighted by Crippen LogP contribution is 2.37. The van der Waals surface area contributed by atoms with Gasteiger partial charge in [0.15, 0.2) is 0 Å². The molecule has 0 aliphatic heterocycles. The van der Waals surface area contributed by atoms with Gasteiger partial charge in [0, 0.05) is 32.4 Å². The van der Waals surface area contributed by atoms with Crippen LogP contribution in [0.15, 0.2) is 59.7 Å². The number of carbonyl (C=O) groups excluding carboxylic acids is 2. The molecule has 1 heterocycles. The number of aromatic nitrogens is 2. The second-order valence-electron chi connectivity index (χ2n) is 9.29. The van der Waals surface area contributed by atoms with Gasteiger partial charge in [-0.1, -0.05) is 40.9 Å². The number of alkyl halides is 2. The Balaban J connectivity index is 1.67. The number of imidazole rings is 1. The summed E-state index contributed by atoms with van der Waals surface area (Å²) in [5.41, 5.74) is 7.04. The molecule has 4 aromatic rings. The van der Waals surface area contributed by atoms with Gasteiger partial charge in [-0.25, -0.2) is 18.2 Å². The van der Waals surface area contributed by atoms with E-state index in [0.717, 1.165) is 6.07 Å². The third-order valence-electron chi connectivity index (χ3n) is 6.34. The van der Waals surface area contributed by atoms with Crippen LogP contribution in [0, 0.1) is 5.82 Å². The third-order valence-corrected chi connectivity index (χ3v) is 7.38. The Bertz CT molecular complexity index is 1830. The summed E-state index contributed by atoms with van der Waals surface area (Å²) in [6, 6.07) is 9.53. The van der Waals surface area contributed by atoms with E-state index in [2.05, 4.69) is 25.9 Å². The van der Waals surface area contributed by atoms with E-state index in [4.69, 9.17) is 45.3 Å². The van der Waals surface area contributed by atoms with Gasteiger partial charge in [0.25, 0.3) is 18.2 Å². The largest absolute Gasteiger partial charge is 0.487 e. The van der Waals surface area contributed by atoms with Crippen LogP contribution in [0.5, 0.6) is 5.75 Å². The maximum absolute atomic E-state index is 13.6. The molecule has 10 nitrogen and oxygen atoms in total. The van der Waals surface area contributed by atoms with Gasteiger partial charge < -0.3 is 31.0 Å². The summed E-state index contributed by atoms with van der Waals surface area (Å²) in [4.78, 5) is 34.0. The monoisotopic (exact) mass is 681 g/mol. The second-order valence-corrected chi connectivity index (χ2v) is 10.5. The van der Waals surface area contributed by atoms with E-state index < -0.39 is 30.7 Å². The maximum atomic E-state index is 13.6. The minimum Gasteiger partial charge on any atom is -0.487 e. The standard InChI is InChI=1S/C29H25Cl3F3N7O3/c1-37-20(7-8-36)28(44)38-12-14-3-5-17(30)26(25(14)32)41-29-40-21-10-16(23(45-13-24(34)35)11-22(21)42(29)2)27(43)39-15-4-6-19(33)18(31)9-15/h3-11,24H,12-13,36H2,1-2H3,(H,38,44)(H,39,43)(H,40,41)/b8-7-,37-20?. The quantitative estimate of drug-likeness (QED) is 0.134. The lowest BCUT2D eigenvalue weighted by Gasteiger charge is -2.14. The van der Waals surface area contributed by atoms with Crippen LogP contribution in [0.25, 0.3) is 11.0 Å². The first kappa shape index (κ1) is 33.4. The molecule has 2 amide bonds. The summed E-state index contributed by atoms with van der Waals surface area (Å²) in [7, 11) is 3.09. The Morgan fingerprint density at radius 3 is 2.56 bits per heavy atom. The second kappa shape index (κ2) is 14.5. The van der Waals surface area contributed by atoms with Crippen molar-refractivity contribution in [3.05, 3.63) is 86.8 Å². The van der Waals surface area contributed by atoms with Crippen molar-refractivity contribution in [2.24, 2.45) is 17.8 Å². The van der Waals surface area contributed by atoms with Crippen LogP contribution in [0.2, 0.25) is 15.1 Å². The molecule has 1 aromatic heterocycles. The zero-order valence-electron chi connectivity index (χ0n) is 23.6. The predicted octanol–water partition coefficient (Wildman–Crippen LogP) is 6.47. The molecule has 5 N–H and O–H groups in total. The Labute approximate surface area is 270 Å². The molecule has 0 spiro atoms. The topological polar surface area (TPSA) is 136 Å². The van der Waals surface area contributed by atoms with Gasteiger partial charge in [-0.2, -0.15) is 0 Å².